The van der Waals surface area contributed by atoms with Crippen LogP contribution in [0.2, 0.25) is 0 Å². The summed E-state index contributed by atoms with van der Waals surface area (Å²) in [6.07, 6.45) is 8.69. The minimum absolute atomic E-state index is 0.0511. The fourth-order valence-electron chi connectivity index (χ4n) is 4.27. The molecule has 2 fully saturated rings. The number of piperidine rings is 1. The molecule has 4 rings (SSSR count). The second-order valence-electron chi connectivity index (χ2n) is 7.47. The van der Waals surface area contributed by atoms with Crippen LogP contribution >= 0.6 is 0 Å². The molecule has 0 bridgehead atoms. The van der Waals surface area contributed by atoms with Crippen LogP contribution in [0.5, 0.6) is 0 Å². The van der Waals surface area contributed by atoms with Gasteiger partial charge in [-0.3, -0.25) is 4.79 Å². The number of carbonyl (C=O) groups is 1. The zero-order valence-corrected chi connectivity index (χ0v) is 15.1. The maximum Gasteiger partial charge on any atom is 0.273 e. The van der Waals surface area contributed by atoms with Gasteiger partial charge >= 0.3 is 0 Å². The molecule has 1 unspecified atom stereocenters. The molecular formula is C20H27N5O. The van der Waals surface area contributed by atoms with E-state index in [9.17, 15) is 4.79 Å². The second-order valence-corrected chi connectivity index (χ2v) is 7.47. The third-order valence-electron chi connectivity index (χ3n) is 5.74. The molecule has 1 saturated carbocycles. The van der Waals surface area contributed by atoms with E-state index in [0.29, 0.717) is 17.7 Å². The van der Waals surface area contributed by atoms with E-state index in [-0.39, 0.29) is 11.9 Å². The van der Waals surface area contributed by atoms with E-state index in [4.69, 9.17) is 0 Å². The van der Waals surface area contributed by atoms with Crippen LogP contribution < -0.4 is 10.6 Å². The highest BCUT2D eigenvalue weighted by Gasteiger charge is 2.29. The first kappa shape index (κ1) is 17.2. The van der Waals surface area contributed by atoms with Gasteiger partial charge < -0.3 is 10.6 Å². The Bertz CT molecular complexity index is 717. The predicted molar refractivity (Wildman–Crippen MR) is 99.8 cm³/mol. The molecule has 1 aromatic heterocycles. The third kappa shape index (κ3) is 3.80. The van der Waals surface area contributed by atoms with Crippen LogP contribution in [0, 0.1) is 5.92 Å². The number of hydrogen-bond acceptors (Lipinski definition) is 4. The summed E-state index contributed by atoms with van der Waals surface area (Å²) in [5.41, 5.74) is 1.60. The summed E-state index contributed by atoms with van der Waals surface area (Å²) >= 11 is 0. The van der Waals surface area contributed by atoms with Gasteiger partial charge in [0.05, 0.1) is 18.3 Å². The average Bonchev–Trinajstić information content (AvgIpc) is 3.39. The highest BCUT2D eigenvalue weighted by atomic mass is 16.2. The summed E-state index contributed by atoms with van der Waals surface area (Å²) in [7, 11) is 0. The number of aromatic nitrogens is 3. The van der Waals surface area contributed by atoms with E-state index >= 15 is 0 Å². The number of nitrogens with one attached hydrogen (secondary N) is 2. The predicted octanol–water partition coefficient (Wildman–Crippen LogP) is 2.86. The molecule has 2 heterocycles. The van der Waals surface area contributed by atoms with Crippen molar-refractivity contribution in [2.75, 3.05) is 13.1 Å². The van der Waals surface area contributed by atoms with Crippen LogP contribution in [-0.2, 0) is 0 Å². The van der Waals surface area contributed by atoms with Crippen molar-refractivity contribution >= 4 is 5.91 Å². The molecule has 2 aliphatic rings. The molecule has 2 N–H and O–H groups in total. The van der Waals surface area contributed by atoms with Crippen molar-refractivity contribution < 1.29 is 4.79 Å². The summed E-state index contributed by atoms with van der Waals surface area (Å²) in [5, 5.41) is 15.0. The smallest absolute Gasteiger partial charge is 0.273 e. The van der Waals surface area contributed by atoms with Crippen molar-refractivity contribution in [2.45, 2.75) is 50.6 Å². The maximum atomic E-state index is 12.8. The maximum absolute atomic E-state index is 12.8. The second kappa shape index (κ2) is 7.99. The Morgan fingerprint density at radius 1 is 1.12 bits per heavy atom. The molecule has 0 spiro atoms. The molecule has 1 amide bonds. The third-order valence-corrected chi connectivity index (χ3v) is 5.74. The van der Waals surface area contributed by atoms with Gasteiger partial charge in [-0.2, -0.15) is 0 Å². The number of amides is 1. The SMILES string of the molecule is O=C(NC(c1ccccc1)C1CCCC1)c1cn(C2CCNCC2)nn1. The number of carbonyl (C=O) groups excluding carboxylic acids is 1. The number of nitrogens with zero attached hydrogens (tertiary/aromatic N) is 3. The molecule has 1 atom stereocenters. The minimum Gasteiger partial charge on any atom is -0.344 e. The Morgan fingerprint density at radius 3 is 2.58 bits per heavy atom. The molecule has 0 radical (unpaired) electrons. The van der Waals surface area contributed by atoms with Crippen molar-refractivity contribution in [3.05, 3.63) is 47.8 Å². The summed E-state index contributed by atoms with van der Waals surface area (Å²) < 4.78 is 1.86. The van der Waals surface area contributed by atoms with Gasteiger partial charge in [0, 0.05) is 0 Å². The van der Waals surface area contributed by atoms with Crippen molar-refractivity contribution in [2.24, 2.45) is 5.92 Å². The van der Waals surface area contributed by atoms with Crippen LogP contribution in [0.4, 0.5) is 0 Å². The molecule has 1 aromatic carbocycles. The van der Waals surface area contributed by atoms with Crippen LogP contribution in [0.3, 0.4) is 0 Å². The molecule has 138 valence electrons. The zero-order valence-electron chi connectivity index (χ0n) is 15.1. The Kier molecular flexibility index (Phi) is 5.29. The largest absolute Gasteiger partial charge is 0.344 e. The average molecular weight is 353 g/mol. The fraction of sp³-hybridized carbons (Fsp3) is 0.550. The van der Waals surface area contributed by atoms with Crippen molar-refractivity contribution in [1.82, 2.24) is 25.6 Å². The monoisotopic (exact) mass is 353 g/mol. The summed E-state index contributed by atoms with van der Waals surface area (Å²) in [6.45, 7) is 1.98. The van der Waals surface area contributed by atoms with Gasteiger partial charge in [-0.1, -0.05) is 48.4 Å². The van der Waals surface area contributed by atoms with Crippen molar-refractivity contribution in [1.29, 1.82) is 0 Å². The molecule has 6 nitrogen and oxygen atoms in total. The number of hydrogen-bond donors (Lipinski definition) is 2. The van der Waals surface area contributed by atoms with Crippen molar-refractivity contribution in [3.8, 4) is 0 Å². The zero-order chi connectivity index (χ0) is 17.8. The molecule has 6 heteroatoms. The number of rotatable bonds is 5. The lowest BCUT2D eigenvalue weighted by atomic mass is 9.91. The molecule has 1 saturated heterocycles. The fourth-order valence-corrected chi connectivity index (χ4v) is 4.27. The highest BCUT2D eigenvalue weighted by Crippen LogP contribution is 2.35. The normalized spacial score (nSPS) is 20.2. The molecule has 2 aromatic rings. The van der Waals surface area contributed by atoms with E-state index < -0.39 is 0 Å². The topological polar surface area (TPSA) is 71.8 Å². The van der Waals surface area contributed by atoms with Gasteiger partial charge in [0.25, 0.3) is 5.91 Å². The first-order valence-electron chi connectivity index (χ1n) is 9.79. The van der Waals surface area contributed by atoms with Crippen LogP contribution in [-0.4, -0.2) is 34.0 Å². The van der Waals surface area contributed by atoms with Crippen LogP contribution in [0.1, 0.15) is 66.7 Å². The Morgan fingerprint density at radius 2 is 1.85 bits per heavy atom. The summed E-state index contributed by atoms with van der Waals surface area (Å²) in [4.78, 5) is 12.8. The van der Waals surface area contributed by atoms with Gasteiger partial charge in [-0.25, -0.2) is 4.68 Å². The van der Waals surface area contributed by atoms with E-state index in [1.807, 2.05) is 29.1 Å². The van der Waals surface area contributed by atoms with Gasteiger partial charge in [0.1, 0.15) is 0 Å². The summed E-state index contributed by atoms with van der Waals surface area (Å²) in [6, 6.07) is 10.7. The van der Waals surface area contributed by atoms with E-state index in [1.165, 1.54) is 31.2 Å². The van der Waals surface area contributed by atoms with E-state index in [1.54, 1.807) is 0 Å². The van der Waals surface area contributed by atoms with Crippen LogP contribution in [0.15, 0.2) is 36.5 Å². The Labute approximate surface area is 154 Å². The Hall–Kier alpha value is -2.21. The van der Waals surface area contributed by atoms with Gasteiger partial charge in [-0.05, 0) is 50.3 Å². The molecule has 1 aliphatic heterocycles. The summed E-state index contributed by atoms with van der Waals surface area (Å²) in [5.74, 6) is 0.381. The first-order valence-corrected chi connectivity index (χ1v) is 9.79. The minimum atomic E-state index is -0.120. The first-order chi connectivity index (χ1) is 12.8. The van der Waals surface area contributed by atoms with E-state index in [0.717, 1.165) is 25.9 Å². The lowest BCUT2D eigenvalue weighted by molar-refractivity contribution is 0.0916. The van der Waals surface area contributed by atoms with Crippen molar-refractivity contribution in [3.63, 3.8) is 0 Å². The van der Waals surface area contributed by atoms with E-state index in [2.05, 4.69) is 33.1 Å². The van der Waals surface area contributed by atoms with Gasteiger partial charge in [0.2, 0.25) is 0 Å². The molecule has 1 aliphatic carbocycles. The van der Waals surface area contributed by atoms with Crippen LogP contribution in [0.25, 0.3) is 0 Å². The standard InChI is InChI=1S/C20H27N5O/c26-20(18-14-25(24-23-18)17-10-12-21-13-11-17)22-19(16-8-4-5-9-16)15-6-2-1-3-7-15/h1-3,6-7,14,16-17,19,21H,4-5,8-13H2,(H,22,26). The van der Waals surface area contributed by atoms with Gasteiger partial charge in [0.15, 0.2) is 5.69 Å². The van der Waals surface area contributed by atoms with Gasteiger partial charge in [-0.15, -0.1) is 5.10 Å². The quantitative estimate of drug-likeness (QED) is 0.867. The highest BCUT2D eigenvalue weighted by molar-refractivity contribution is 5.92. The lowest BCUT2D eigenvalue weighted by Crippen LogP contribution is -2.33. The lowest BCUT2D eigenvalue weighted by Gasteiger charge is -2.25. The molecular weight excluding hydrogens is 326 g/mol. The molecule has 26 heavy (non-hydrogen) atoms. The number of benzene rings is 1. The Balaban J connectivity index is 1.48.